The van der Waals surface area contributed by atoms with Crippen LogP contribution >= 0.6 is 0 Å². The highest BCUT2D eigenvalue weighted by molar-refractivity contribution is 5.97. The van der Waals surface area contributed by atoms with Gasteiger partial charge in [-0.2, -0.15) is 5.10 Å². The molecule has 0 bridgehead atoms. The Hall–Kier alpha value is -1.52. The second kappa shape index (κ2) is 3.56. The average molecular weight is 208 g/mol. The molecule has 0 saturated heterocycles. The molecule has 0 atom stereocenters. The van der Waals surface area contributed by atoms with Crippen molar-refractivity contribution in [1.29, 1.82) is 0 Å². The molecule has 2 rings (SSSR count). The van der Waals surface area contributed by atoms with Crippen LogP contribution in [0, 0.1) is 0 Å². The van der Waals surface area contributed by atoms with E-state index < -0.39 is 0 Å². The smallest absolute Gasteiger partial charge is 0.271 e. The number of nitrogens with two attached hydrogens (primary N) is 1. The first kappa shape index (κ1) is 10.0. The fourth-order valence-corrected chi connectivity index (χ4v) is 2.09. The van der Waals surface area contributed by atoms with Crippen LogP contribution in [0.5, 0.6) is 0 Å². The molecule has 1 heterocycles. The van der Waals surface area contributed by atoms with E-state index in [-0.39, 0.29) is 11.4 Å². The fraction of sp³-hybridized carbons (Fsp3) is 0.600. The highest BCUT2D eigenvalue weighted by atomic mass is 16.2. The number of carbonyl (C=O) groups excluding carboxylic acids is 1. The maximum absolute atomic E-state index is 11.8. The van der Waals surface area contributed by atoms with Crippen LogP contribution in [-0.4, -0.2) is 21.6 Å². The molecule has 0 radical (unpaired) electrons. The summed E-state index contributed by atoms with van der Waals surface area (Å²) in [5.41, 5.74) is 6.29. The summed E-state index contributed by atoms with van der Waals surface area (Å²) in [7, 11) is 0. The molecule has 0 aromatic carbocycles. The number of anilines is 1. The van der Waals surface area contributed by atoms with Crippen LogP contribution in [0.3, 0.4) is 0 Å². The van der Waals surface area contributed by atoms with Crippen LogP contribution in [0.1, 0.15) is 43.1 Å². The van der Waals surface area contributed by atoms with E-state index in [1.165, 1.54) is 19.0 Å². The topological polar surface area (TPSA) is 83.8 Å². The first-order valence-corrected chi connectivity index (χ1v) is 5.22. The lowest BCUT2D eigenvalue weighted by atomic mass is 10.0. The summed E-state index contributed by atoms with van der Waals surface area (Å²) in [6.45, 7) is 2.07. The average Bonchev–Trinajstić information content (AvgIpc) is 2.74. The van der Waals surface area contributed by atoms with Crippen molar-refractivity contribution in [2.24, 2.45) is 0 Å². The van der Waals surface area contributed by atoms with Gasteiger partial charge in [0, 0.05) is 5.54 Å². The molecule has 1 aromatic heterocycles. The number of H-pyrrole nitrogens is 1. The first-order chi connectivity index (χ1) is 7.11. The predicted molar refractivity (Wildman–Crippen MR) is 57.3 cm³/mol. The molecule has 0 spiro atoms. The summed E-state index contributed by atoms with van der Waals surface area (Å²) in [6.07, 6.45) is 5.87. The molecule has 1 aliphatic carbocycles. The van der Waals surface area contributed by atoms with Gasteiger partial charge in [0.15, 0.2) is 0 Å². The van der Waals surface area contributed by atoms with Crippen molar-refractivity contribution in [3.63, 3.8) is 0 Å². The molecule has 1 aliphatic rings. The Bertz CT molecular complexity index is 365. The third kappa shape index (κ3) is 1.95. The predicted octanol–water partition coefficient (Wildman–Crippen LogP) is 1.05. The van der Waals surface area contributed by atoms with Crippen molar-refractivity contribution in [3.8, 4) is 0 Å². The van der Waals surface area contributed by atoms with Crippen LogP contribution in [0.4, 0.5) is 5.69 Å². The van der Waals surface area contributed by atoms with Gasteiger partial charge in [-0.15, -0.1) is 0 Å². The van der Waals surface area contributed by atoms with Gasteiger partial charge in [-0.05, 0) is 19.8 Å². The molecule has 1 amide bonds. The molecule has 82 valence electrons. The molecule has 5 heteroatoms. The highest BCUT2D eigenvalue weighted by Gasteiger charge is 2.31. The maximum Gasteiger partial charge on any atom is 0.271 e. The molecule has 4 N–H and O–H groups in total. The lowest BCUT2D eigenvalue weighted by Crippen LogP contribution is -2.43. The van der Waals surface area contributed by atoms with Crippen molar-refractivity contribution in [3.05, 3.63) is 11.9 Å². The standard InChI is InChI=1S/C10H16N4O/c1-10(4-2-3-5-10)13-9(15)8-7(11)6-12-14-8/h6H,2-5,11H2,1H3,(H,12,14)(H,13,15). The molecule has 0 aliphatic heterocycles. The minimum Gasteiger partial charge on any atom is -0.396 e. The second-order valence-electron chi connectivity index (χ2n) is 4.42. The number of aromatic nitrogens is 2. The summed E-state index contributed by atoms with van der Waals surface area (Å²) >= 11 is 0. The number of rotatable bonds is 2. The van der Waals surface area contributed by atoms with E-state index in [1.54, 1.807) is 0 Å². The Morgan fingerprint density at radius 2 is 2.27 bits per heavy atom. The SMILES string of the molecule is CC1(NC(=O)c2[nH]ncc2N)CCCC1. The number of nitrogens with one attached hydrogen (secondary N) is 2. The second-order valence-corrected chi connectivity index (χ2v) is 4.42. The monoisotopic (exact) mass is 208 g/mol. The van der Waals surface area contributed by atoms with Gasteiger partial charge < -0.3 is 11.1 Å². The van der Waals surface area contributed by atoms with Gasteiger partial charge >= 0.3 is 0 Å². The normalized spacial score (nSPS) is 19.0. The van der Waals surface area contributed by atoms with Crippen LogP contribution in [-0.2, 0) is 0 Å². The Morgan fingerprint density at radius 3 is 2.80 bits per heavy atom. The van der Waals surface area contributed by atoms with E-state index in [1.807, 2.05) is 0 Å². The zero-order valence-corrected chi connectivity index (χ0v) is 8.84. The fourth-order valence-electron chi connectivity index (χ4n) is 2.09. The summed E-state index contributed by atoms with van der Waals surface area (Å²) in [6, 6.07) is 0. The summed E-state index contributed by atoms with van der Waals surface area (Å²) in [5, 5.41) is 9.35. The number of amides is 1. The molecule has 5 nitrogen and oxygen atoms in total. The summed E-state index contributed by atoms with van der Waals surface area (Å²) in [4.78, 5) is 11.8. The van der Waals surface area contributed by atoms with Crippen LogP contribution < -0.4 is 11.1 Å². The van der Waals surface area contributed by atoms with E-state index in [0.29, 0.717) is 11.4 Å². The molecule has 1 saturated carbocycles. The quantitative estimate of drug-likeness (QED) is 0.679. The van der Waals surface area contributed by atoms with Crippen LogP contribution in [0.25, 0.3) is 0 Å². The molecule has 15 heavy (non-hydrogen) atoms. The van der Waals surface area contributed by atoms with Gasteiger partial charge in [0.25, 0.3) is 5.91 Å². The van der Waals surface area contributed by atoms with Crippen molar-refractivity contribution >= 4 is 11.6 Å². The summed E-state index contributed by atoms with van der Waals surface area (Å²) < 4.78 is 0. The minimum absolute atomic E-state index is 0.0748. The molecular formula is C10H16N4O. The van der Waals surface area contributed by atoms with E-state index in [4.69, 9.17) is 5.73 Å². The summed E-state index contributed by atoms with van der Waals surface area (Å²) in [5.74, 6) is -0.158. The van der Waals surface area contributed by atoms with E-state index in [2.05, 4.69) is 22.4 Å². The molecular weight excluding hydrogens is 192 g/mol. The number of hydrogen-bond acceptors (Lipinski definition) is 3. The van der Waals surface area contributed by atoms with Gasteiger partial charge in [-0.1, -0.05) is 12.8 Å². The van der Waals surface area contributed by atoms with Crippen molar-refractivity contribution < 1.29 is 4.79 Å². The maximum atomic E-state index is 11.8. The minimum atomic E-state index is -0.158. The number of hydrogen-bond donors (Lipinski definition) is 3. The van der Waals surface area contributed by atoms with Crippen LogP contribution in [0.15, 0.2) is 6.20 Å². The van der Waals surface area contributed by atoms with Crippen LogP contribution in [0.2, 0.25) is 0 Å². The Balaban J connectivity index is 2.07. The largest absolute Gasteiger partial charge is 0.396 e. The molecule has 1 fully saturated rings. The third-order valence-electron chi connectivity index (χ3n) is 3.02. The Labute approximate surface area is 88.4 Å². The Morgan fingerprint density at radius 1 is 1.60 bits per heavy atom. The van der Waals surface area contributed by atoms with Gasteiger partial charge in [0.1, 0.15) is 5.69 Å². The zero-order valence-electron chi connectivity index (χ0n) is 8.84. The number of nitrogen functional groups attached to an aromatic ring is 1. The molecule has 0 unspecified atom stereocenters. The van der Waals surface area contributed by atoms with Gasteiger partial charge in [-0.25, -0.2) is 0 Å². The van der Waals surface area contributed by atoms with E-state index in [0.717, 1.165) is 12.8 Å². The van der Waals surface area contributed by atoms with Crippen molar-refractivity contribution in [2.75, 3.05) is 5.73 Å². The van der Waals surface area contributed by atoms with E-state index >= 15 is 0 Å². The van der Waals surface area contributed by atoms with Crippen molar-refractivity contribution in [2.45, 2.75) is 38.1 Å². The number of aromatic amines is 1. The van der Waals surface area contributed by atoms with Gasteiger partial charge in [0.2, 0.25) is 0 Å². The number of nitrogens with zero attached hydrogens (tertiary/aromatic N) is 1. The van der Waals surface area contributed by atoms with E-state index in [9.17, 15) is 4.79 Å². The van der Waals surface area contributed by atoms with Gasteiger partial charge in [0.05, 0.1) is 11.9 Å². The van der Waals surface area contributed by atoms with Gasteiger partial charge in [-0.3, -0.25) is 9.89 Å². The first-order valence-electron chi connectivity index (χ1n) is 5.22. The lowest BCUT2D eigenvalue weighted by Gasteiger charge is -2.24. The number of carbonyl (C=O) groups is 1. The lowest BCUT2D eigenvalue weighted by molar-refractivity contribution is 0.0904. The Kier molecular flexibility index (Phi) is 2.38. The molecule has 1 aromatic rings. The van der Waals surface area contributed by atoms with Crippen molar-refractivity contribution in [1.82, 2.24) is 15.5 Å². The highest BCUT2D eigenvalue weighted by Crippen LogP contribution is 2.29. The zero-order chi connectivity index (χ0) is 10.9. The third-order valence-corrected chi connectivity index (χ3v) is 3.02.